The fourth-order valence-electron chi connectivity index (χ4n) is 2.47. The van der Waals surface area contributed by atoms with Crippen molar-refractivity contribution in [2.45, 2.75) is 13.3 Å². The molecular weight excluding hydrogens is 329 g/mol. The highest BCUT2D eigenvalue weighted by Gasteiger charge is 2.17. The van der Waals surface area contributed by atoms with E-state index in [9.17, 15) is 9.50 Å². The van der Waals surface area contributed by atoms with E-state index in [0.717, 1.165) is 15.3 Å². The molecule has 5 nitrogen and oxygen atoms in total. The van der Waals surface area contributed by atoms with Gasteiger partial charge >= 0.3 is 0 Å². The molecule has 120 valence electrons. The summed E-state index contributed by atoms with van der Waals surface area (Å²) in [5.74, 6) is 0.373. The van der Waals surface area contributed by atoms with Crippen molar-refractivity contribution in [1.29, 1.82) is 0 Å². The molecule has 0 aliphatic heterocycles. The first kappa shape index (κ1) is 14.8. The van der Waals surface area contributed by atoms with Crippen LogP contribution in [0.1, 0.15) is 16.5 Å². The summed E-state index contributed by atoms with van der Waals surface area (Å²) in [6, 6.07) is 9.72. The minimum Gasteiger partial charge on any atom is -0.505 e. The summed E-state index contributed by atoms with van der Waals surface area (Å²) < 4.78 is 19.5. The van der Waals surface area contributed by atoms with Crippen molar-refractivity contribution in [3.8, 4) is 17.2 Å². The molecule has 0 unspecified atom stereocenters. The summed E-state index contributed by atoms with van der Waals surface area (Å²) >= 11 is 1.51. The number of phenolic OH excluding ortho intramolecular Hbond substituents is 1. The van der Waals surface area contributed by atoms with Gasteiger partial charge in [-0.1, -0.05) is 12.1 Å². The quantitative estimate of drug-likeness (QED) is 0.608. The Hall–Kier alpha value is -2.80. The van der Waals surface area contributed by atoms with E-state index in [1.807, 2.05) is 13.0 Å². The number of aromatic nitrogens is 3. The third-order valence-electron chi connectivity index (χ3n) is 3.61. The number of rotatable bonds is 3. The van der Waals surface area contributed by atoms with Gasteiger partial charge < -0.3 is 9.52 Å². The molecule has 2 aromatic carbocycles. The van der Waals surface area contributed by atoms with E-state index in [2.05, 4.69) is 15.2 Å². The maximum atomic E-state index is 12.9. The van der Waals surface area contributed by atoms with Crippen LogP contribution in [-0.4, -0.2) is 20.3 Å². The lowest BCUT2D eigenvalue weighted by Crippen LogP contribution is -1.88. The predicted octanol–water partition coefficient (Wildman–Crippen LogP) is 4.09. The summed E-state index contributed by atoms with van der Waals surface area (Å²) in [6.07, 6.45) is 0.395. The molecule has 0 amide bonds. The predicted molar refractivity (Wildman–Crippen MR) is 88.5 cm³/mol. The Kier molecular flexibility index (Phi) is 3.50. The summed E-state index contributed by atoms with van der Waals surface area (Å²) in [4.78, 5) is 4.32. The number of hydrogen-bond donors (Lipinski definition) is 1. The van der Waals surface area contributed by atoms with Crippen LogP contribution in [0.15, 0.2) is 40.8 Å². The molecule has 24 heavy (non-hydrogen) atoms. The highest BCUT2D eigenvalue weighted by molar-refractivity contribution is 7.18. The normalized spacial score (nSPS) is 11.2. The lowest BCUT2D eigenvalue weighted by atomic mass is 10.1. The van der Waals surface area contributed by atoms with Gasteiger partial charge in [0.2, 0.25) is 5.89 Å². The van der Waals surface area contributed by atoms with Crippen molar-refractivity contribution in [3.05, 3.63) is 58.7 Å². The first-order valence-corrected chi connectivity index (χ1v) is 8.08. The summed E-state index contributed by atoms with van der Waals surface area (Å²) in [7, 11) is 0. The Labute approximate surface area is 140 Å². The summed E-state index contributed by atoms with van der Waals surface area (Å²) in [6.45, 7) is 1.89. The van der Waals surface area contributed by atoms with Crippen LogP contribution in [0.2, 0.25) is 0 Å². The standard InChI is InChI=1S/C17H12FN3O2S/c1-9-19-15-13(24-9)7-6-12(16(15)22)17-21-20-14(23-17)8-10-2-4-11(18)5-3-10/h2-7,22H,8H2,1H3. The molecule has 4 aromatic rings. The first-order valence-electron chi connectivity index (χ1n) is 7.26. The van der Waals surface area contributed by atoms with E-state index in [-0.39, 0.29) is 17.5 Å². The van der Waals surface area contributed by atoms with Gasteiger partial charge in [0.25, 0.3) is 5.89 Å². The highest BCUT2D eigenvalue weighted by Crippen LogP contribution is 2.37. The molecule has 4 rings (SSSR count). The fraction of sp³-hybridized carbons (Fsp3) is 0.118. The average Bonchev–Trinajstić information content (AvgIpc) is 3.16. The van der Waals surface area contributed by atoms with Gasteiger partial charge in [-0.05, 0) is 36.8 Å². The summed E-state index contributed by atoms with van der Waals surface area (Å²) in [5, 5.41) is 19.3. The van der Waals surface area contributed by atoms with Crippen LogP contribution < -0.4 is 0 Å². The van der Waals surface area contributed by atoms with Crippen molar-refractivity contribution in [3.63, 3.8) is 0 Å². The van der Waals surface area contributed by atoms with E-state index < -0.39 is 0 Å². The zero-order valence-corrected chi connectivity index (χ0v) is 13.5. The highest BCUT2D eigenvalue weighted by atomic mass is 32.1. The number of halogens is 1. The van der Waals surface area contributed by atoms with Gasteiger partial charge in [0.05, 0.1) is 21.7 Å². The van der Waals surface area contributed by atoms with E-state index in [0.29, 0.717) is 23.4 Å². The second kappa shape index (κ2) is 5.68. The van der Waals surface area contributed by atoms with Crippen LogP contribution >= 0.6 is 11.3 Å². The molecule has 0 saturated heterocycles. The van der Waals surface area contributed by atoms with Crippen molar-refractivity contribution >= 4 is 21.6 Å². The number of fused-ring (bicyclic) bond motifs is 1. The average molecular weight is 341 g/mol. The van der Waals surface area contributed by atoms with Crippen LogP contribution in [0.25, 0.3) is 21.7 Å². The van der Waals surface area contributed by atoms with Crippen molar-refractivity contribution in [2.24, 2.45) is 0 Å². The van der Waals surface area contributed by atoms with Gasteiger partial charge in [0, 0.05) is 0 Å². The van der Waals surface area contributed by atoms with Crippen molar-refractivity contribution < 1.29 is 13.9 Å². The number of phenols is 1. The number of hydrogen-bond acceptors (Lipinski definition) is 6. The molecule has 0 fully saturated rings. The first-order chi connectivity index (χ1) is 11.6. The van der Waals surface area contributed by atoms with Crippen LogP contribution in [0, 0.1) is 12.7 Å². The number of nitrogens with zero attached hydrogens (tertiary/aromatic N) is 3. The van der Waals surface area contributed by atoms with Crippen LogP contribution in [0.4, 0.5) is 4.39 Å². The van der Waals surface area contributed by atoms with E-state index in [4.69, 9.17) is 4.42 Å². The summed E-state index contributed by atoms with van der Waals surface area (Å²) in [5.41, 5.74) is 1.85. The number of thiazole rings is 1. The molecule has 1 N–H and O–H groups in total. The largest absolute Gasteiger partial charge is 0.505 e. The Morgan fingerprint density at radius 2 is 1.92 bits per heavy atom. The lowest BCUT2D eigenvalue weighted by Gasteiger charge is -2.00. The molecule has 7 heteroatoms. The minimum absolute atomic E-state index is 0.0360. The monoisotopic (exact) mass is 341 g/mol. The smallest absolute Gasteiger partial charge is 0.251 e. The number of benzene rings is 2. The Morgan fingerprint density at radius 1 is 1.12 bits per heavy atom. The topological polar surface area (TPSA) is 72.0 Å². The van der Waals surface area contributed by atoms with E-state index in [1.54, 1.807) is 18.2 Å². The molecule has 0 atom stereocenters. The van der Waals surface area contributed by atoms with Crippen molar-refractivity contribution in [1.82, 2.24) is 15.2 Å². The van der Waals surface area contributed by atoms with E-state index in [1.165, 1.54) is 23.5 Å². The van der Waals surface area contributed by atoms with Gasteiger partial charge in [-0.25, -0.2) is 9.37 Å². The Balaban J connectivity index is 1.67. The fourth-order valence-corrected chi connectivity index (χ4v) is 3.30. The minimum atomic E-state index is -0.290. The maximum Gasteiger partial charge on any atom is 0.251 e. The molecule has 0 radical (unpaired) electrons. The lowest BCUT2D eigenvalue weighted by molar-refractivity contribution is 0.474. The maximum absolute atomic E-state index is 12.9. The molecule has 2 heterocycles. The molecular formula is C17H12FN3O2S. The van der Waals surface area contributed by atoms with Crippen molar-refractivity contribution in [2.75, 3.05) is 0 Å². The SMILES string of the molecule is Cc1nc2c(O)c(-c3nnc(Cc4ccc(F)cc4)o3)ccc2s1. The Bertz CT molecular complexity index is 1020. The molecule has 0 bridgehead atoms. The molecule has 0 aliphatic rings. The second-order valence-electron chi connectivity index (χ2n) is 5.35. The second-order valence-corrected chi connectivity index (χ2v) is 6.58. The molecule has 2 aromatic heterocycles. The van der Waals surface area contributed by atoms with Crippen LogP contribution in [0.3, 0.4) is 0 Å². The third kappa shape index (κ3) is 2.63. The number of aryl methyl sites for hydroxylation is 1. The third-order valence-corrected chi connectivity index (χ3v) is 4.54. The Morgan fingerprint density at radius 3 is 2.71 bits per heavy atom. The van der Waals surface area contributed by atoms with Gasteiger partial charge in [-0.3, -0.25) is 0 Å². The molecule has 0 spiro atoms. The van der Waals surface area contributed by atoms with Gasteiger partial charge in [-0.15, -0.1) is 21.5 Å². The van der Waals surface area contributed by atoms with Gasteiger partial charge in [0.15, 0.2) is 5.75 Å². The van der Waals surface area contributed by atoms with E-state index >= 15 is 0 Å². The molecule has 0 aliphatic carbocycles. The van der Waals surface area contributed by atoms with Gasteiger partial charge in [0.1, 0.15) is 11.3 Å². The van der Waals surface area contributed by atoms with Crippen LogP contribution in [0.5, 0.6) is 5.75 Å². The van der Waals surface area contributed by atoms with Gasteiger partial charge in [-0.2, -0.15) is 0 Å². The zero-order chi connectivity index (χ0) is 16.7. The molecule has 0 saturated carbocycles. The number of aromatic hydroxyl groups is 1. The zero-order valence-electron chi connectivity index (χ0n) is 12.7. The van der Waals surface area contributed by atoms with Crippen LogP contribution in [-0.2, 0) is 6.42 Å².